The van der Waals surface area contributed by atoms with Gasteiger partial charge >= 0.3 is 5.97 Å². The van der Waals surface area contributed by atoms with E-state index in [9.17, 15) is 19.2 Å². The van der Waals surface area contributed by atoms with E-state index in [1.54, 1.807) is 24.3 Å². The van der Waals surface area contributed by atoms with Gasteiger partial charge in [0, 0.05) is 28.8 Å². The summed E-state index contributed by atoms with van der Waals surface area (Å²) in [5, 5.41) is 11.3. The van der Waals surface area contributed by atoms with Gasteiger partial charge in [0.25, 0.3) is 5.91 Å². The lowest BCUT2D eigenvalue weighted by Gasteiger charge is -2.22. The van der Waals surface area contributed by atoms with Crippen LogP contribution in [0.1, 0.15) is 113 Å². The maximum Gasteiger partial charge on any atom is 0.305 e. The number of allylic oxidation sites excluding steroid dienone is 2. The van der Waals surface area contributed by atoms with Crippen LogP contribution in [0.25, 0.3) is 5.57 Å². The van der Waals surface area contributed by atoms with Gasteiger partial charge in [0.05, 0.1) is 6.42 Å². The smallest absolute Gasteiger partial charge is 0.305 e. The Balaban J connectivity index is 1.62. The highest BCUT2D eigenvalue weighted by molar-refractivity contribution is 6.32. The molecule has 218 valence electrons. The summed E-state index contributed by atoms with van der Waals surface area (Å²) in [6.45, 7) is 6.35. The zero-order valence-corrected chi connectivity index (χ0v) is 24.6. The average molecular weight is 566 g/mol. The molecular formula is C36H39NO5. The standard InChI is InChI=1S/C36H39NO5/c1-36(2,3)30-19-17-27(18-20-30)32(38)23-31(26-11-9-25(10-12-26)24-7-5-4-6-8-24)34(41)28-13-15-29(16-14-28)35(42)37-22-21-33(39)40/h9-20,23-24H,4-8,21-22H2,1-3H3,(H,37,42)(H,39,40)/b31-23-. The average Bonchev–Trinajstić information content (AvgIpc) is 2.99. The molecule has 0 bridgehead atoms. The molecule has 1 fully saturated rings. The van der Waals surface area contributed by atoms with Gasteiger partial charge in [0.2, 0.25) is 0 Å². The quantitative estimate of drug-likeness (QED) is 0.197. The molecular weight excluding hydrogens is 526 g/mol. The Bertz CT molecular complexity index is 1450. The van der Waals surface area contributed by atoms with Crippen LogP contribution >= 0.6 is 0 Å². The second-order valence-corrected chi connectivity index (χ2v) is 12.0. The molecule has 6 heteroatoms. The largest absolute Gasteiger partial charge is 0.481 e. The van der Waals surface area contributed by atoms with E-state index < -0.39 is 11.9 Å². The lowest BCUT2D eigenvalue weighted by atomic mass is 9.83. The van der Waals surface area contributed by atoms with E-state index in [4.69, 9.17) is 5.11 Å². The first-order valence-corrected chi connectivity index (χ1v) is 14.6. The Morgan fingerprint density at radius 2 is 1.31 bits per heavy atom. The normalized spacial score (nSPS) is 14.3. The number of carboxylic acid groups (broad SMARTS) is 1. The fraction of sp³-hybridized carbons (Fsp3) is 0.333. The predicted molar refractivity (Wildman–Crippen MR) is 165 cm³/mol. The molecule has 0 aromatic heterocycles. The molecule has 0 radical (unpaired) electrons. The molecule has 2 N–H and O–H groups in total. The molecule has 1 aliphatic rings. The van der Waals surface area contributed by atoms with E-state index in [1.165, 1.54) is 55.9 Å². The second kappa shape index (κ2) is 13.6. The lowest BCUT2D eigenvalue weighted by Crippen LogP contribution is -2.26. The number of rotatable bonds is 10. The van der Waals surface area contributed by atoms with Crippen LogP contribution in [0.5, 0.6) is 0 Å². The topological polar surface area (TPSA) is 101 Å². The summed E-state index contributed by atoms with van der Waals surface area (Å²) < 4.78 is 0. The Hall–Kier alpha value is -4.32. The van der Waals surface area contributed by atoms with Crippen LogP contribution in [-0.2, 0) is 10.2 Å². The predicted octanol–water partition coefficient (Wildman–Crippen LogP) is 7.39. The van der Waals surface area contributed by atoms with Crippen molar-refractivity contribution in [2.24, 2.45) is 0 Å². The molecule has 42 heavy (non-hydrogen) atoms. The fourth-order valence-electron chi connectivity index (χ4n) is 5.31. The van der Waals surface area contributed by atoms with Crippen LogP contribution in [0.4, 0.5) is 0 Å². The van der Waals surface area contributed by atoms with Crippen LogP contribution in [0.3, 0.4) is 0 Å². The molecule has 1 amide bonds. The van der Waals surface area contributed by atoms with E-state index in [0.29, 0.717) is 28.2 Å². The van der Waals surface area contributed by atoms with Crippen molar-refractivity contribution in [3.8, 4) is 0 Å². The van der Waals surface area contributed by atoms with Crippen LogP contribution < -0.4 is 5.32 Å². The van der Waals surface area contributed by atoms with Gasteiger partial charge in [-0.15, -0.1) is 0 Å². The number of amides is 1. The first-order valence-electron chi connectivity index (χ1n) is 14.6. The molecule has 1 saturated carbocycles. The third-order valence-corrected chi connectivity index (χ3v) is 7.89. The molecule has 1 aliphatic carbocycles. The number of ketones is 2. The molecule has 6 nitrogen and oxygen atoms in total. The van der Waals surface area contributed by atoms with Crippen LogP contribution in [-0.4, -0.2) is 35.1 Å². The van der Waals surface area contributed by atoms with Gasteiger partial charge in [-0.1, -0.05) is 101 Å². The van der Waals surface area contributed by atoms with E-state index in [1.807, 2.05) is 24.3 Å². The van der Waals surface area contributed by atoms with Gasteiger partial charge in [-0.2, -0.15) is 0 Å². The Labute approximate surface area is 247 Å². The van der Waals surface area contributed by atoms with Crippen molar-refractivity contribution < 1.29 is 24.3 Å². The van der Waals surface area contributed by atoms with Gasteiger partial charge in [0.15, 0.2) is 11.6 Å². The van der Waals surface area contributed by atoms with Gasteiger partial charge in [0.1, 0.15) is 0 Å². The summed E-state index contributed by atoms with van der Waals surface area (Å²) in [6.07, 6.45) is 7.30. The lowest BCUT2D eigenvalue weighted by molar-refractivity contribution is -0.136. The van der Waals surface area contributed by atoms with E-state index in [-0.39, 0.29) is 35.5 Å². The SMILES string of the molecule is CC(C)(C)c1ccc(C(=O)/C=C(\C(=O)c2ccc(C(=O)NCCC(=O)O)cc2)c2ccc(C3CCCCC3)cc2)cc1. The number of carbonyl (C=O) groups excluding carboxylic acids is 3. The van der Waals surface area contributed by atoms with E-state index in [0.717, 1.165) is 5.56 Å². The van der Waals surface area contributed by atoms with Crippen molar-refractivity contribution in [3.63, 3.8) is 0 Å². The van der Waals surface area contributed by atoms with Gasteiger partial charge < -0.3 is 10.4 Å². The maximum absolute atomic E-state index is 13.8. The highest BCUT2D eigenvalue weighted by Crippen LogP contribution is 2.33. The maximum atomic E-state index is 13.8. The summed E-state index contributed by atoms with van der Waals surface area (Å²) in [5.74, 6) is -1.48. The molecule has 0 unspecified atom stereocenters. The number of nitrogens with one attached hydrogen (secondary N) is 1. The summed E-state index contributed by atoms with van der Waals surface area (Å²) >= 11 is 0. The third-order valence-electron chi connectivity index (χ3n) is 7.89. The van der Waals surface area contributed by atoms with Crippen molar-refractivity contribution in [2.75, 3.05) is 6.54 Å². The minimum absolute atomic E-state index is 0.0113. The van der Waals surface area contributed by atoms with Crippen molar-refractivity contribution in [3.05, 3.63) is 112 Å². The second-order valence-electron chi connectivity index (χ2n) is 12.0. The van der Waals surface area contributed by atoms with Crippen LogP contribution in [0, 0.1) is 0 Å². The number of benzene rings is 3. The van der Waals surface area contributed by atoms with Gasteiger partial charge in [-0.3, -0.25) is 19.2 Å². The zero-order chi connectivity index (χ0) is 30.3. The summed E-state index contributed by atoms with van der Waals surface area (Å²) in [6, 6.07) is 21.6. The molecule has 0 atom stereocenters. The van der Waals surface area contributed by atoms with Crippen molar-refractivity contribution in [2.45, 2.75) is 70.6 Å². The number of hydrogen-bond donors (Lipinski definition) is 2. The molecule has 0 saturated heterocycles. The number of aliphatic carboxylic acids is 1. The Morgan fingerprint density at radius 1 is 0.762 bits per heavy atom. The number of carboxylic acids is 1. The highest BCUT2D eigenvalue weighted by atomic mass is 16.4. The number of Topliss-reactive ketones (excluding diaryl/α,β-unsaturated/α-hetero) is 1. The first kappa shape index (κ1) is 30.6. The molecule has 0 aliphatic heterocycles. The van der Waals surface area contributed by atoms with Crippen molar-refractivity contribution in [1.82, 2.24) is 5.32 Å². The van der Waals surface area contributed by atoms with E-state index in [2.05, 4.69) is 38.2 Å². The summed E-state index contributed by atoms with van der Waals surface area (Å²) in [4.78, 5) is 50.3. The van der Waals surface area contributed by atoms with Gasteiger partial charge in [-0.05, 0) is 59.1 Å². The third kappa shape index (κ3) is 7.90. The monoisotopic (exact) mass is 565 g/mol. The molecule has 0 spiro atoms. The highest BCUT2D eigenvalue weighted by Gasteiger charge is 2.20. The van der Waals surface area contributed by atoms with Crippen LogP contribution in [0.2, 0.25) is 0 Å². The molecule has 3 aromatic carbocycles. The van der Waals surface area contributed by atoms with Gasteiger partial charge in [-0.25, -0.2) is 0 Å². The minimum atomic E-state index is -0.998. The van der Waals surface area contributed by atoms with Crippen molar-refractivity contribution in [1.29, 1.82) is 0 Å². The molecule has 0 heterocycles. The van der Waals surface area contributed by atoms with Crippen LogP contribution in [0.15, 0.2) is 78.9 Å². The minimum Gasteiger partial charge on any atom is -0.481 e. The van der Waals surface area contributed by atoms with E-state index >= 15 is 0 Å². The Morgan fingerprint density at radius 3 is 1.88 bits per heavy atom. The van der Waals surface area contributed by atoms with Crippen molar-refractivity contribution >= 4 is 29.0 Å². The molecule has 4 rings (SSSR count). The zero-order valence-electron chi connectivity index (χ0n) is 24.6. The number of hydrogen-bond acceptors (Lipinski definition) is 4. The Kier molecular flexibility index (Phi) is 9.89. The number of carbonyl (C=O) groups is 4. The fourth-order valence-corrected chi connectivity index (χ4v) is 5.31. The summed E-state index contributed by atoms with van der Waals surface area (Å²) in [7, 11) is 0. The molecule has 3 aromatic rings. The summed E-state index contributed by atoms with van der Waals surface area (Å²) in [5.41, 5.74) is 4.43. The first-order chi connectivity index (χ1) is 20.0.